The first kappa shape index (κ1) is 12.0. The largest absolute Gasteiger partial charge is 0.497 e. The molecule has 0 radical (unpaired) electrons. The Morgan fingerprint density at radius 3 is 3.00 bits per heavy atom. The van der Waals surface area contributed by atoms with Crippen LogP contribution in [0.4, 0.5) is 5.82 Å². The highest BCUT2D eigenvalue weighted by atomic mass is 16.5. The fourth-order valence-electron chi connectivity index (χ4n) is 2.50. The minimum absolute atomic E-state index is 0.138. The van der Waals surface area contributed by atoms with Crippen molar-refractivity contribution in [2.45, 2.75) is 19.8 Å². The Morgan fingerprint density at radius 1 is 1.42 bits per heavy atom. The summed E-state index contributed by atoms with van der Waals surface area (Å²) in [6.07, 6.45) is 1.39. The molecule has 0 atom stereocenters. The van der Waals surface area contributed by atoms with Gasteiger partial charge in [0.25, 0.3) is 0 Å². The molecule has 0 spiro atoms. The molecule has 0 fully saturated rings. The molecule has 3 rings (SSSR count). The van der Waals surface area contributed by atoms with Gasteiger partial charge in [0.2, 0.25) is 5.91 Å². The summed E-state index contributed by atoms with van der Waals surface area (Å²) in [6, 6.07) is 7.92. The van der Waals surface area contributed by atoms with Gasteiger partial charge >= 0.3 is 0 Å². The van der Waals surface area contributed by atoms with Crippen LogP contribution >= 0.6 is 0 Å². The van der Waals surface area contributed by atoms with Crippen molar-refractivity contribution in [3.8, 4) is 5.75 Å². The van der Waals surface area contributed by atoms with E-state index in [0.717, 1.165) is 41.0 Å². The van der Waals surface area contributed by atoms with Gasteiger partial charge in [-0.2, -0.15) is 0 Å². The molecule has 2 heterocycles. The normalized spacial score (nSPS) is 13.7. The third-order valence-electron chi connectivity index (χ3n) is 3.54. The van der Waals surface area contributed by atoms with Crippen LogP contribution in [-0.2, 0) is 11.2 Å². The van der Waals surface area contributed by atoms with Gasteiger partial charge in [-0.05, 0) is 36.2 Å². The topological polar surface area (TPSA) is 42.4 Å². The number of carbonyl (C=O) groups excluding carboxylic acids is 1. The maximum absolute atomic E-state index is 11.9. The van der Waals surface area contributed by atoms with Crippen LogP contribution in [0.2, 0.25) is 0 Å². The van der Waals surface area contributed by atoms with E-state index in [2.05, 4.69) is 11.1 Å². The van der Waals surface area contributed by atoms with Gasteiger partial charge in [0.05, 0.1) is 12.6 Å². The van der Waals surface area contributed by atoms with Crippen molar-refractivity contribution in [2.75, 3.05) is 18.6 Å². The minimum Gasteiger partial charge on any atom is -0.497 e. The average molecular weight is 256 g/mol. The Kier molecular flexibility index (Phi) is 2.85. The summed E-state index contributed by atoms with van der Waals surface area (Å²) >= 11 is 0. The summed E-state index contributed by atoms with van der Waals surface area (Å²) in [5.41, 5.74) is 2.04. The minimum atomic E-state index is 0.138. The van der Waals surface area contributed by atoms with E-state index in [1.165, 1.54) is 0 Å². The van der Waals surface area contributed by atoms with E-state index in [1.54, 1.807) is 12.0 Å². The third kappa shape index (κ3) is 1.93. The number of carbonyl (C=O) groups is 1. The van der Waals surface area contributed by atoms with Crippen molar-refractivity contribution in [3.05, 3.63) is 29.8 Å². The monoisotopic (exact) mass is 256 g/mol. The lowest BCUT2D eigenvalue weighted by molar-refractivity contribution is -0.118. The van der Waals surface area contributed by atoms with E-state index in [1.807, 2.05) is 25.1 Å². The summed E-state index contributed by atoms with van der Waals surface area (Å²) in [5, 5.41) is 1.06. The third-order valence-corrected chi connectivity index (χ3v) is 3.54. The molecule has 4 nitrogen and oxygen atoms in total. The highest BCUT2D eigenvalue weighted by Gasteiger charge is 2.25. The number of hydrogen-bond acceptors (Lipinski definition) is 3. The SMILES string of the molecule is CCC(=O)N1CCc2cc3cc(OC)ccc3nc21. The maximum atomic E-state index is 11.9. The van der Waals surface area contributed by atoms with Crippen molar-refractivity contribution in [3.63, 3.8) is 0 Å². The molecule has 4 heteroatoms. The smallest absolute Gasteiger partial charge is 0.227 e. The highest BCUT2D eigenvalue weighted by Crippen LogP contribution is 2.31. The predicted molar refractivity (Wildman–Crippen MR) is 74.6 cm³/mol. The lowest BCUT2D eigenvalue weighted by Gasteiger charge is -2.15. The summed E-state index contributed by atoms with van der Waals surface area (Å²) in [7, 11) is 1.66. The van der Waals surface area contributed by atoms with Crippen molar-refractivity contribution in [1.29, 1.82) is 0 Å². The number of pyridine rings is 1. The molecule has 98 valence electrons. The van der Waals surface area contributed by atoms with Crippen LogP contribution in [0.5, 0.6) is 5.75 Å². The molecule has 0 saturated heterocycles. The quantitative estimate of drug-likeness (QED) is 0.829. The molecule has 0 N–H and O–H groups in total. The molecular formula is C15H16N2O2. The van der Waals surface area contributed by atoms with Crippen molar-refractivity contribution < 1.29 is 9.53 Å². The second-order valence-electron chi connectivity index (χ2n) is 4.68. The van der Waals surface area contributed by atoms with E-state index in [4.69, 9.17) is 4.74 Å². The lowest BCUT2D eigenvalue weighted by Crippen LogP contribution is -2.28. The van der Waals surface area contributed by atoms with Gasteiger partial charge in [0.15, 0.2) is 0 Å². The average Bonchev–Trinajstić information content (AvgIpc) is 2.86. The number of ether oxygens (including phenoxy) is 1. The standard InChI is InChI=1S/C15H16N2O2/c1-3-14(18)17-7-6-10-8-11-9-12(19-2)4-5-13(11)16-15(10)17/h4-5,8-9H,3,6-7H2,1-2H3. The Morgan fingerprint density at radius 2 is 2.26 bits per heavy atom. The first-order chi connectivity index (χ1) is 9.22. The summed E-state index contributed by atoms with van der Waals surface area (Å²) in [6.45, 7) is 2.62. The number of fused-ring (bicyclic) bond motifs is 2. The second-order valence-corrected chi connectivity index (χ2v) is 4.68. The molecule has 19 heavy (non-hydrogen) atoms. The lowest BCUT2D eigenvalue weighted by atomic mass is 10.1. The van der Waals surface area contributed by atoms with Crippen molar-refractivity contribution >= 4 is 22.6 Å². The number of nitrogens with zero attached hydrogens (tertiary/aromatic N) is 2. The summed E-state index contributed by atoms with van der Waals surface area (Å²) < 4.78 is 5.23. The predicted octanol–water partition coefficient (Wildman–Crippen LogP) is 2.54. The van der Waals surface area contributed by atoms with Gasteiger partial charge in [0.1, 0.15) is 11.6 Å². The Bertz CT molecular complexity index is 652. The molecule has 0 aliphatic carbocycles. The zero-order valence-corrected chi connectivity index (χ0v) is 11.1. The van der Waals surface area contributed by atoms with Crippen LogP contribution in [0.3, 0.4) is 0 Å². The molecule has 1 amide bonds. The number of aromatic nitrogens is 1. The van der Waals surface area contributed by atoms with E-state index >= 15 is 0 Å². The van der Waals surface area contributed by atoms with Gasteiger partial charge in [-0.1, -0.05) is 6.92 Å². The van der Waals surface area contributed by atoms with Crippen LogP contribution in [0.25, 0.3) is 10.9 Å². The molecule has 1 aromatic heterocycles. The first-order valence-electron chi connectivity index (χ1n) is 6.51. The zero-order valence-electron chi connectivity index (χ0n) is 11.1. The fourth-order valence-corrected chi connectivity index (χ4v) is 2.50. The summed E-state index contributed by atoms with van der Waals surface area (Å²) in [5.74, 6) is 1.79. The van der Waals surface area contributed by atoms with Crippen molar-refractivity contribution in [2.24, 2.45) is 0 Å². The van der Waals surface area contributed by atoms with Gasteiger partial charge in [-0.25, -0.2) is 4.98 Å². The Balaban J connectivity index is 2.11. The molecule has 2 aromatic rings. The molecule has 1 aliphatic rings. The van der Waals surface area contributed by atoms with E-state index < -0.39 is 0 Å². The van der Waals surface area contributed by atoms with Gasteiger partial charge in [-0.3, -0.25) is 9.69 Å². The van der Waals surface area contributed by atoms with E-state index in [9.17, 15) is 4.79 Å². The van der Waals surface area contributed by atoms with E-state index in [-0.39, 0.29) is 5.91 Å². The molecule has 0 bridgehead atoms. The number of amides is 1. The van der Waals surface area contributed by atoms with Gasteiger partial charge in [0, 0.05) is 18.4 Å². The Hall–Kier alpha value is -2.10. The maximum Gasteiger partial charge on any atom is 0.227 e. The van der Waals surface area contributed by atoms with Crippen LogP contribution in [0, 0.1) is 0 Å². The van der Waals surface area contributed by atoms with Crippen molar-refractivity contribution in [1.82, 2.24) is 4.98 Å². The Labute approximate surface area is 112 Å². The highest BCUT2D eigenvalue weighted by molar-refractivity contribution is 5.96. The molecule has 0 saturated carbocycles. The van der Waals surface area contributed by atoms with Crippen LogP contribution in [-0.4, -0.2) is 24.5 Å². The first-order valence-corrected chi connectivity index (χ1v) is 6.51. The number of benzene rings is 1. The van der Waals surface area contributed by atoms with Crippen LogP contribution in [0.1, 0.15) is 18.9 Å². The number of anilines is 1. The van der Waals surface area contributed by atoms with Crippen LogP contribution < -0.4 is 9.64 Å². The van der Waals surface area contributed by atoms with E-state index in [0.29, 0.717) is 6.42 Å². The van der Waals surface area contributed by atoms with Crippen LogP contribution in [0.15, 0.2) is 24.3 Å². The zero-order chi connectivity index (χ0) is 13.4. The second kappa shape index (κ2) is 4.53. The molecule has 0 unspecified atom stereocenters. The number of hydrogen-bond donors (Lipinski definition) is 0. The molecule has 1 aromatic carbocycles. The summed E-state index contributed by atoms with van der Waals surface area (Å²) in [4.78, 5) is 18.3. The molecule has 1 aliphatic heterocycles. The number of rotatable bonds is 2. The number of methoxy groups -OCH3 is 1. The van der Waals surface area contributed by atoms with Gasteiger partial charge in [-0.15, -0.1) is 0 Å². The molecular weight excluding hydrogens is 240 g/mol. The van der Waals surface area contributed by atoms with Gasteiger partial charge < -0.3 is 4.74 Å². The fraction of sp³-hybridized carbons (Fsp3) is 0.333.